The fourth-order valence-electron chi connectivity index (χ4n) is 1.91. The third kappa shape index (κ3) is 3.23. The van der Waals surface area contributed by atoms with Crippen molar-refractivity contribution in [1.82, 2.24) is 5.32 Å². The molecule has 2 rings (SSSR count). The van der Waals surface area contributed by atoms with Crippen LogP contribution < -0.4 is 10.6 Å². The molecule has 20 heavy (non-hydrogen) atoms. The van der Waals surface area contributed by atoms with Gasteiger partial charge < -0.3 is 10.6 Å². The zero-order valence-corrected chi connectivity index (χ0v) is 11.4. The maximum atomic E-state index is 12.7. The maximum absolute atomic E-state index is 12.7. The number of rotatable bonds is 4. The van der Waals surface area contributed by atoms with Crippen molar-refractivity contribution in [3.8, 4) is 0 Å². The minimum atomic E-state index is -4.46. The monoisotopic (exact) mass is 286 g/mol. The van der Waals surface area contributed by atoms with Crippen LogP contribution in [0.1, 0.15) is 42.6 Å². The van der Waals surface area contributed by atoms with Gasteiger partial charge in [0.25, 0.3) is 5.91 Å². The van der Waals surface area contributed by atoms with E-state index in [0.717, 1.165) is 25.0 Å². The second kappa shape index (κ2) is 5.00. The highest BCUT2D eigenvalue weighted by Gasteiger charge is 2.39. The van der Waals surface area contributed by atoms with E-state index in [-0.39, 0.29) is 11.1 Å². The highest BCUT2D eigenvalue weighted by Crippen LogP contribution is 2.36. The van der Waals surface area contributed by atoms with E-state index in [9.17, 15) is 18.0 Å². The van der Waals surface area contributed by atoms with Crippen LogP contribution in [0, 0.1) is 0 Å². The molecule has 0 saturated heterocycles. The first-order chi connectivity index (χ1) is 9.25. The molecule has 0 unspecified atom stereocenters. The molecule has 1 aromatic carbocycles. The molecule has 1 amide bonds. The van der Waals surface area contributed by atoms with Crippen LogP contribution in [-0.2, 0) is 6.18 Å². The molecule has 0 bridgehead atoms. The molecule has 1 saturated carbocycles. The first-order valence-electron chi connectivity index (χ1n) is 6.53. The summed E-state index contributed by atoms with van der Waals surface area (Å²) < 4.78 is 38.2. The van der Waals surface area contributed by atoms with Gasteiger partial charge >= 0.3 is 6.18 Å². The molecule has 1 fully saturated rings. The molecule has 1 aliphatic carbocycles. The van der Waals surface area contributed by atoms with Crippen LogP contribution in [0.5, 0.6) is 0 Å². The van der Waals surface area contributed by atoms with E-state index < -0.39 is 17.6 Å². The Kier molecular flexibility index (Phi) is 3.67. The Bertz CT molecular complexity index is 522. The standard InChI is InChI=1S/C14H17F3N2O/c1-3-18-11-5-4-9(14(15,16)17)8-10(11)12(20)19-13(2)6-7-13/h4-5,8,18H,3,6-7H2,1-2H3,(H,19,20). The second-order valence-corrected chi connectivity index (χ2v) is 5.30. The molecule has 1 aromatic rings. The number of hydrogen-bond donors (Lipinski definition) is 2. The molecule has 0 radical (unpaired) electrons. The summed E-state index contributed by atoms with van der Waals surface area (Å²) in [5.74, 6) is -0.466. The average Bonchev–Trinajstić information content (AvgIpc) is 3.06. The lowest BCUT2D eigenvalue weighted by atomic mass is 10.1. The van der Waals surface area contributed by atoms with Crippen molar-refractivity contribution in [3.63, 3.8) is 0 Å². The quantitative estimate of drug-likeness (QED) is 0.890. The summed E-state index contributed by atoms with van der Waals surface area (Å²) in [6.07, 6.45) is -2.74. The van der Waals surface area contributed by atoms with E-state index in [1.165, 1.54) is 6.07 Å². The largest absolute Gasteiger partial charge is 0.416 e. The molecule has 0 aliphatic heterocycles. The number of nitrogens with one attached hydrogen (secondary N) is 2. The van der Waals surface area contributed by atoms with Crippen LogP contribution in [0.25, 0.3) is 0 Å². The fourth-order valence-corrected chi connectivity index (χ4v) is 1.91. The summed E-state index contributed by atoms with van der Waals surface area (Å²) in [5.41, 5.74) is -0.628. The molecule has 0 aromatic heterocycles. The Balaban J connectivity index is 2.33. The molecule has 0 spiro atoms. The minimum Gasteiger partial charge on any atom is -0.385 e. The molecule has 0 atom stereocenters. The van der Waals surface area contributed by atoms with Gasteiger partial charge in [-0.05, 0) is 44.9 Å². The van der Waals surface area contributed by atoms with Crippen molar-refractivity contribution in [3.05, 3.63) is 29.3 Å². The number of alkyl halides is 3. The second-order valence-electron chi connectivity index (χ2n) is 5.30. The normalized spacial score (nSPS) is 16.6. The van der Waals surface area contributed by atoms with Gasteiger partial charge in [0, 0.05) is 17.8 Å². The third-order valence-corrected chi connectivity index (χ3v) is 3.37. The van der Waals surface area contributed by atoms with Crippen LogP contribution in [0.4, 0.5) is 18.9 Å². The van der Waals surface area contributed by atoms with Crippen LogP contribution in [0.15, 0.2) is 18.2 Å². The Morgan fingerprint density at radius 3 is 2.50 bits per heavy atom. The van der Waals surface area contributed by atoms with Crippen molar-refractivity contribution < 1.29 is 18.0 Å². The van der Waals surface area contributed by atoms with Crippen LogP contribution >= 0.6 is 0 Å². The van der Waals surface area contributed by atoms with E-state index in [2.05, 4.69) is 10.6 Å². The lowest BCUT2D eigenvalue weighted by molar-refractivity contribution is -0.137. The predicted octanol–water partition coefficient (Wildman–Crippen LogP) is 3.42. The number of benzene rings is 1. The van der Waals surface area contributed by atoms with E-state index in [0.29, 0.717) is 12.2 Å². The molecule has 3 nitrogen and oxygen atoms in total. The topological polar surface area (TPSA) is 41.1 Å². The van der Waals surface area contributed by atoms with E-state index in [4.69, 9.17) is 0 Å². The van der Waals surface area contributed by atoms with Gasteiger partial charge in [0.05, 0.1) is 11.1 Å². The number of amides is 1. The Hall–Kier alpha value is -1.72. The zero-order valence-electron chi connectivity index (χ0n) is 11.4. The van der Waals surface area contributed by atoms with Gasteiger partial charge in [0.1, 0.15) is 0 Å². The van der Waals surface area contributed by atoms with Crippen molar-refractivity contribution in [2.75, 3.05) is 11.9 Å². The van der Waals surface area contributed by atoms with Gasteiger partial charge in [-0.25, -0.2) is 0 Å². The van der Waals surface area contributed by atoms with Crippen LogP contribution in [0.3, 0.4) is 0 Å². The highest BCUT2D eigenvalue weighted by molar-refractivity contribution is 6.00. The smallest absolute Gasteiger partial charge is 0.385 e. The maximum Gasteiger partial charge on any atom is 0.416 e. The highest BCUT2D eigenvalue weighted by atomic mass is 19.4. The fraction of sp³-hybridized carbons (Fsp3) is 0.500. The first kappa shape index (κ1) is 14.7. The lowest BCUT2D eigenvalue weighted by Crippen LogP contribution is -2.34. The van der Waals surface area contributed by atoms with Crippen LogP contribution in [-0.4, -0.2) is 18.0 Å². The van der Waals surface area contributed by atoms with Crippen molar-refractivity contribution in [1.29, 1.82) is 0 Å². The van der Waals surface area contributed by atoms with E-state index in [1.807, 2.05) is 13.8 Å². The van der Waals surface area contributed by atoms with E-state index >= 15 is 0 Å². The number of halogens is 3. The molecule has 1 aliphatic rings. The summed E-state index contributed by atoms with van der Waals surface area (Å²) >= 11 is 0. The molecular weight excluding hydrogens is 269 g/mol. The summed E-state index contributed by atoms with van der Waals surface area (Å²) in [4.78, 5) is 12.2. The Morgan fingerprint density at radius 2 is 2.00 bits per heavy atom. The molecule has 0 heterocycles. The Morgan fingerprint density at radius 1 is 1.35 bits per heavy atom. The van der Waals surface area contributed by atoms with Crippen molar-refractivity contribution in [2.45, 2.75) is 38.4 Å². The number of hydrogen-bond acceptors (Lipinski definition) is 2. The molecular formula is C14H17F3N2O. The number of carbonyl (C=O) groups is 1. The van der Waals surface area contributed by atoms with Crippen molar-refractivity contribution >= 4 is 11.6 Å². The summed E-state index contributed by atoms with van der Waals surface area (Å²) in [6.45, 7) is 4.23. The van der Waals surface area contributed by atoms with Gasteiger partial charge in [-0.2, -0.15) is 13.2 Å². The van der Waals surface area contributed by atoms with Gasteiger partial charge in [-0.15, -0.1) is 0 Å². The van der Waals surface area contributed by atoms with E-state index in [1.54, 1.807) is 0 Å². The minimum absolute atomic E-state index is 0.0369. The summed E-state index contributed by atoms with van der Waals surface area (Å²) in [6, 6.07) is 3.18. The SMILES string of the molecule is CCNc1ccc(C(F)(F)F)cc1C(=O)NC1(C)CC1. The number of carbonyl (C=O) groups excluding carboxylic acids is 1. The number of anilines is 1. The summed E-state index contributed by atoms with van der Waals surface area (Å²) in [7, 11) is 0. The van der Waals surface area contributed by atoms with Crippen LogP contribution in [0.2, 0.25) is 0 Å². The van der Waals surface area contributed by atoms with Gasteiger partial charge in [0.2, 0.25) is 0 Å². The third-order valence-electron chi connectivity index (χ3n) is 3.37. The van der Waals surface area contributed by atoms with Crippen molar-refractivity contribution in [2.24, 2.45) is 0 Å². The predicted molar refractivity (Wildman–Crippen MR) is 70.7 cm³/mol. The van der Waals surface area contributed by atoms with Gasteiger partial charge in [0.15, 0.2) is 0 Å². The molecule has 6 heteroatoms. The average molecular weight is 286 g/mol. The Labute approximate surface area is 115 Å². The molecule has 2 N–H and O–H groups in total. The summed E-state index contributed by atoms with van der Waals surface area (Å²) in [5, 5.41) is 5.69. The van der Waals surface area contributed by atoms with Gasteiger partial charge in [-0.1, -0.05) is 0 Å². The lowest BCUT2D eigenvalue weighted by Gasteiger charge is -2.16. The first-order valence-corrected chi connectivity index (χ1v) is 6.53. The van der Waals surface area contributed by atoms with Gasteiger partial charge in [-0.3, -0.25) is 4.79 Å². The molecule has 110 valence electrons. The zero-order chi connectivity index (χ0) is 15.0.